The highest BCUT2D eigenvalue weighted by molar-refractivity contribution is 7.89. The third kappa shape index (κ3) is 6.45. The van der Waals surface area contributed by atoms with E-state index in [9.17, 15) is 18.0 Å². The Balaban J connectivity index is 1.69. The van der Waals surface area contributed by atoms with Crippen LogP contribution in [0.15, 0.2) is 53.4 Å². The fraction of sp³-hybridized carbons (Fsp3) is 0.391. The molecule has 178 valence electrons. The number of amides is 1. The predicted molar refractivity (Wildman–Crippen MR) is 120 cm³/mol. The summed E-state index contributed by atoms with van der Waals surface area (Å²) in [5, 5.41) is 0. The molecule has 0 aliphatic carbocycles. The summed E-state index contributed by atoms with van der Waals surface area (Å²) in [5.41, 5.74) is 0.839. The van der Waals surface area contributed by atoms with Crippen LogP contribution in [0.1, 0.15) is 24.8 Å². The molecule has 0 unspecified atom stereocenters. The summed E-state index contributed by atoms with van der Waals surface area (Å²) < 4.78 is 44.2. The second-order valence-corrected chi connectivity index (χ2v) is 9.27. The van der Waals surface area contributed by atoms with Crippen molar-refractivity contribution in [2.24, 2.45) is 0 Å². The van der Waals surface area contributed by atoms with Crippen LogP contribution in [0.25, 0.3) is 0 Å². The molecule has 1 aliphatic heterocycles. The van der Waals surface area contributed by atoms with Crippen LogP contribution in [0.5, 0.6) is 11.5 Å². The highest BCUT2D eigenvalue weighted by Gasteiger charge is 2.33. The van der Waals surface area contributed by atoms with Gasteiger partial charge in [0.15, 0.2) is 0 Å². The van der Waals surface area contributed by atoms with Gasteiger partial charge in [0.2, 0.25) is 15.9 Å². The number of nitrogens with zero attached hydrogens (tertiary/aromatic N) is 1. The van der Waals surface area contributed by atoms with E-state index in [4.69, 9.17) is 14.2 Å². The van der Waals surface area contributed by atoms with E-state index in [1.165, 1.54) is 31.3 Å². The molecule has 9 nitrogen and oxygen atoms in total. The molecule has 0 spiro atoms. The van der Waals surface area contributed by atoms with E-state index in [1.807, 2.05) is 30.3 Å². The van der Waals surface area contributed by atoms with E-state index >= 15 is 0 Å². The molecule has 0 bridgehead atoms. The minimum absolute atomic E-state index is 0.105. The molecule has 1 saturated heterocycles. The van der Waals surface area contributed by atoms with Crippen LogP contribution in [0.3, 0.4) is 0 Å². The summed E-state index contributed by atoms with van der Waals surface area (Å²) in [4.78, 5) is 26.6. The minimum Gasteiger partial charge on any atom is -0.497 e. The van der Waals surface area contributed by atoms with Crippen molar-refractivity contribution < 1.29 is 32.2 Å². The maximum atomic E-state index is 13.1. The molecule has 1 heterocycles. The van der Waals surface area contributed by atoms with Crippen LogP contribution in [-0.4, -0.2) is 58.5 Å². The third-order valence-corrected chi connectivity index (χ3v) is 6.79. The normalized spacial score (nSPS) is 16.7. The second-order valence-electron chi connectivity index (χ2n) is 7.59. The Kier molecular flexibility index (Phi) is 8.29. The zero-order valence-corrected chi connectivity index (χ0v) is 19.5. The average molecular weight is 477 g/mol. The first kappa shape index (κ1) is 24.5. The molecule has 0 aromatic heterocycles. The molecule has 1 fully saturated rings. The Bertz CT molecular complexity index is 1070. The van der Waals surface area contributed by atoms with Crippen LogP contribution in [-0.2, 0) is 31.0 Å². The Morgan fingerprint density at radius 1 is 1.09 bits per heavy atom. The maximum Gasteiger partial charge on any atom is 0.325 e. The topological polar surface area (TPSA) is 111 Å². The SMILES string of the molecule is COc1ccc(OC)c(S(=O)(=O)N[C@H]2CCCCN(CC(=O)OCc3ccccc3)C2=O)c1. The first-order chi connectivity index (χ1) is 15.8. The Labute approximate surface area is 193 Å². The van der Waals surface area contributed by atoms with Crippen LogP contribution in [0.4, 0.5) is 0 Å². The molecule has 1 aliphatic rings. The largest absolute Gasteiger partial charge is 0.497 e. The van der Waals surface area contributed by atoms with E-state index < -0.39 is 27.9 Å². The van der Waals surface area contributed by atoms with Gasteiger partial charge in [-0.25, -0.2) is 8.42 Å². The van der Waals surface area contributed by atoms with E-state index in [1.54, 1.807) is 6.07 Å². The first-order valence-electron chi connectivity index (χ1n) is 10.6. The number of sulfonamides is 1. The second kappa shape index (κ2) is 11.2. The van der Waals surface area contributed by atoms with Crippen molar-refractivity contribution >= 4 is 21.9 Å². The first-order valence-corrected chi connectivity index (χ1v) is 12.0. The van der Waals surface area contributed by atoms with Gasteiger partial charge in [0, 0.05) is 12.6 Å². The average Bonchev–Trinajstić information content (AvgIpc) is 2.99. The molecule has 0 saturated carbocycles. The fourth-order valence-electron chi connectivity index (χ4n) is 3.56. The molecule has 33 heavy (non-hydrogen) atoms. The number of hydrogen-bond acceptors (Lipinski definition) is 7. The number of ether oxygens (including phenoxy) is 3. The van der Waals surface area contributed by atoms with E-state index in [2.05, 4.69) is 4.72 Å². The van der Waals surface area contributed by atoms with Crippen molar-refractivity contribution in [1.29, 1.82) is 0 Å². The molecular formula is C23H28N2O7S. The number of methoxy groups -OCH3 is 2. The highest BCUT2D eigenvalue weighted by atomic mass is 32.2. The van der Waals surface area contributed by atoms with Crippen molar-refractivity contribution in [3.8, 4) is 11.5 Å². The van der Waals surface area contributed by atoms with Gasteiger partial charge in [-0.15, -0.1) is 0 Å². The summed E-state index contributed by atoms with van der Waals surface area (Å²) >= 11 is 0. The van der Waals surface area contributed by atoms with Crippen molar-refractivity contribution in [2.45, 2.75) is 36.8 Å². The Morgan fingerprint density at radius 3 is 2.55 bits per heavy atom. The third-order valence-electron chi connectivity index (χ3n) is 5.30. The summed E-state index contributed by atoms with van der Waals surface area (Å²) in [6, 6.07) is 12.6. The molecule has 0 radical (unpaired) electrons. The lowest BCUT2D eigenvalue weighted by atomic mass is 10.1. The van der Waals surface area contributed by atoms with Gasteiger partial charge in [-0.05, 0) is 37.0 Å². The van der Waals surface area contributed by atoms with Gasteiger partial charge in [-0.2, -0.15) is 4.72 Å². The number of rotatable bonds is 9. The van der Waals surface area contributed by atoms with E-state index in [0.717, 1.165) is 5.56 Å². The number of benzene rings is 2. The van der Waals surface area contributed by atoms with E-state index in [-0.39, 0.29) is 23.8 Å². The molecule has 10 heteroatoms. The summed E-state index contributed by atoms with van der Waals surface area (Å²) in [7, 11) is -1.31. The smallest absolute Gasteiger partial charge is 0.325 e. The van der Waals surface area contributed by atoms with Gasteiger partial charge in [-0.3, -0.25) is 9.59 Å². The number of carbonyl (C=O) groups excluding carboxylic acids is 2. The number of carbonyl (C=O) groups is 2. The lowest BCUT2D eigenvalue weighted by Gasteiger charge is -2.24. The minimum atomic E-state index is -4.10. The standard InChI is InChI=1S/C23H28N2O7S/c1-30-18-11-12-20(31-2)21(14-18)33(28,29)24-19-10-6-7-13-25(23(19)27)15-22(26)32-16-17-8-4-3-5-9-17/h3-5,8-9,11-12,14,19,24H,6-7,10,13,15-16H2,1-2H3/t19-/m0/s1. The van der Waals surface area contributed by atoms with Crippen LogP contribution in [0.2, 0.25) is 0 Å². The summed E-state index contributed by atoms with van der Waals surface area (Å²) in [6.45, 7) is 0.208. The fourth-order valence-corrected chi connectivity index (χ4v) is 4.96. The quantitative estimate of drug-likeness (QED) is 0.552. The molecule has 2 aromatic rings. The highest BCUT2D eigenvalue weighted by Crippen LogP contribution is 2.28. The van der Waals surface area contributed by atoms with Gasteiger partial charge in [0.1, 0.15) is 35.6 Å². The summed E-state index contributed by atoms with van der Waals surface area (Å²) in [5.74, 6) is -0.545. The number of hydrogen-bond donors (Lipinski definition) is 1. The molecule has 1 amide bonds. The van der Waals surface area contributed by atoms with Crippen molar-refractivity contribution in [1.82, 2.24) is 9.62 Å². The molecule has 3 rings (SSSR count). The number of esters is 1. The molecule has 1 N–H and O–H groups in total. The maximum absolute atomic E-state index is 13.1. The van der Waals surface area contributed by atoms with Crippen molar-refractivity contribution in [3.05, 3.63) is 54.1 Å². The van der Waals surface area contributed by atoms with Crippen LogP contribution >= 0.6 is 0 Å². The van der Waals surface area contributed by atoms with Gasteiger partial charge >= 0.3 is 5.97 Å². The van der Waals surface area contributed by atoms with Crippen molar-refractivity contribution in [2.75, 3.05) is 27.3 Å². The number of nitrogens with one attached hydrogen (secondary N) is 1. The lowest BCUT2D eigenvalue weighted by molar-refractivity contribution is -0.150. The molecule has 1 atom stereocenters. The molecular weight excluding hydrogens is 448 g/mol. The van der Waals surface area contributed by atoms with Gasteiger partial charge in [0.25, 0.3) is 0 Å². The van der Waals surface area contributed by atoms with Gasteiger partial charge < -0.3 is 19.1 Å². The number of likely N-dealkylation sites (tertiary alicyclic amines) is 1. The molecule has 2 aromatic carbocycles. The van der Waals surface area contributed by atoms with Crippen molar-refractivity contribution in [3.63, 3.8) is 0 Å². The van der Waals surface area contributed by atoms with Gasteiger partial charge in [-0.1, -0.05) is 30.3 Å². The lowest BCUT2D eigenvalue weighted by Crippen LogP contribution is -2.48. The van der Waals surface area contributed by atoms with Crippen LogP contribution in [0, 0.1) is 0 Å². The zero-order chi connectivity index (χ0) is 23.8. The monoisotopic (exact) mass is 476 g/mol. The predicted octanol–water partition coefficient (Wildman–Crippen LogP) is 2.11. The zero-order valence-electron chi connectivity index (χ0n) is 18.7. The van der Waals surface area contributed by atoms with Gasteiger partial charge in [0.05, 0.1) is 14.2 Å². The Hall–Kier alpha value is -3.11. The van der Waals surface area contributed by atoms with E-state index in [0.29, 0.717) is 31.6 Å². The van der Waals surface area contributed by atoms with Crippen LogP contribution < -0.4 is 14.2 Å². The Morgan fingerprint density at radius 2 is 1.85 bits per heavy atom. The summed E-state index contributed by atoms with van der Waals surface area (Å²) in [6.07, 6.45) is 1.60.